The Bertz CT molecular complexity index is 555. The van der Waals surface area contributed by atoms with Crippen LogP contribution in [-0.2, 0) is 12.6 Å². The molecule has 2 heterocycles. The number of rotatable bonds is 4. The van der Waals surface area contributed by atoms with Gasteiger partial charge < -0.3 is 4.90 Å². The van der Waals surface area contributed by atoms with Gasteiger partial charge in [-0.1, -0.05) is 6.07 Å². The maximum atomic E-state index is 12.6. The van der Waals surface area contributed by atoms with E-state index in [0.717, 1.165) is 17.8 Å². The van der Waals surface area contributed by atoms with Crippen molar-refractivity contribution in [2.75, 3.05) is 18.5 Å². The summed E-state index contributed by atoms with van der Waals surface area (Å²) >= 11 is 0. The number of aromatic nitrogens is 2. The van der Waals surface area contributed by atoms with Crippen LogP contribution in [0.1, 0.15) is 11.3 Å². The zero-order valence-electron chi connectivity index (χ0n) is 10.9. The number of halogens is 3. The highest BCUT2D eigenvalue weighted by atomic mass is 19.4. The molecule has 3 nitrogen and oxygen atoms in total. The molecule has 0 fully saturated rings. The number of alkyl halides is 3. The third-order valence-corrected chi connectivity index (χ3v) is 2.89. The van der Waals surface area contributed by atoms with Gasteiger partial charge in [0, 0.05) is 38.1 Å². The second-order valence-electron chi connectivity index (χ2n) is 4.39. The monoisotopic (exact) mass is 281 g/mol. The SMILES string of the molecule is CN(CCc1ccccn1)c1cc(C(F)(F)F)ccn1. The first-order valence-corrected chi connectivity index (χ1v) is 6.11. The van der Waals surface area contributed by atoms with Crippen LogP contribution in [-0.4, -0.2) is 23.6 Å². The average molecular weight is 281 g/mol. The second kappa shape index (κ2) is 5.90. The molecule has 0 aliphatic heterocycles. The van der Waals surface area contributed by atoms with Gasteiger partial charge in [-0.2, -0.15) is 13.2 Å². The number of anilines is 1. The van der Waals surface area contributed by atoms with Gasteiger partial charge >= 0.3 is 6.18 Å². The first-order valence-electron chi connectivity index (χ1n) is 6.11. The molecule has 0 amide bonds. The van der Waals surface area contributed by atoms with Crippen LogP contribution in [0.15, 0.2) is 42.7 Å². The molecule has 106 valence electrons. The van der Waals surface area contributed by atoms with Crippen molar-refractivity contribution in [3.63, 3.8) is 0 Å². The molecular formula is C14H14F3N3. The van der Waals surface area contributed by atoms with E-state index in [1.807, 2.05) is 18.2 Å². The fraction of sp³-hybridized carbons (Fsp3) is 0.286. The minimum atomic E-state index is -4.35. The van der Waals surface area contributed by atoms with Crippen molar-refractivity contribution in [3.8, 4) is 0 Å². The number of nitrogens with zero attached hydrogens (tertiary/aromatic N) is 3. The molecule has 2 rings (SSSR count). The summed E-state index contributed by atoms with van der Waals surface area (Å²) in [5.41, 5.74) is 0.207. The van der Waals surface area contributed by atoms with Crippen LogP contribution < -0.4 is 4.90 Å². The molecule has 0 spiro atoms. The highest BCUT2D eigenvalue weighted by Crippen LogP contribution is 2.30. The van der Waals surface area contributed by atoms with E-state index >= 15 is 0 Å². The van der Waals surface area contributed by atoms with E-state index in [4.69, 9.17) is 0 Å². The Kier molecular flexibility index (Phi) is 4.22. The maximum Gasteiger partial charge on any atom is 0.416 e. The number of likely N-dealkylation sites (N-methyl/N-ethyl adjacent to an activating group) is 1. The molecule has 20 heavy (non-hydrogen) atoms. The molecule has 0 radical (unpaired) electrons. The van der Waals surface area contributed by atoms with Crippen molar-refractivity contribution in [1.82, 2.24) is 9.97 Å². The smallest absolute Gasteiger partial charge is 0.359 e. The largest absolute Gasteiger partial charge is 0.416 e. The van der Waals surface area contributed by atoms with Crippen LogP contribution >= 0.6 is 0 Å². The first-order chi connectivity index (χ1) is 9.47. The predicted molar refractivity (Wildman–Crippen MR) is 70.5 cm³/mol. The third kappa shape index (κ3) is 3.69. The Balaban J connectivity index is 2.04. The molecule has 0 saturated heterocycles. The minimum Gasteiger partial charge on any atom is -0.359 e. The molecule has 0 aliphatic carbocycles. The Morgan fingerprint density at radius 1 is 1.10 bits per heavy atom. The lowest BCUT2D eigenvalue weighted by Crippen LogP contribution is -2.22. The molecule has 6 heteroatoms. The van der Waals surface area contributed by atoms with Crippen LogP contribution in [0.5, 0.6) is 0 Å². The molecule has 0 bridgehead atoms. The predicted octanol–water partition coefficient (Wildman–Crippen LogP) is 3.17. The summed E-state index contributed by atoms with van der Waals surface area (Å²) in [5.74, 6) is 0.302. The summed E-state index contributed by atoms with van der Waals surface area (Å²) in [6.45, 7) is 0.547. The lowest BCUT2D eigenvalue weighted by atomic mass is 10.2. The molecule has 0 saturated carbocycles. The van der Waals surface area contributed by atoms with Crippen molar-refractivity contribution < 1.29 is 13.2 Å². The molecular weight excluding hydrogens is 267 g/mol. The molecule has 0 unspecified atom stereocenters. The molecule has 0 atom stereocenters. The highest BCUT2D eigenvalue weighted by Gasteiger charge is 2.30. The van der Waals surface area contributed by atoms with E-state index in [2.05, 4.69) is 9.97 Å². The summed E-state index contributed by atoms with van der Waals surface area (Å²) in [6, 6.07) is 7.61. The molecule has 0 N–H and O–H groups in total. The summed E-state index contributed by atoms with van der Waals surface area (Å²) in [4.78, 5) is 9.83. The Hall–Kier alpha value is -2.11. The lowest BCUT2D eigenvalue weighted by Gasteiger charge is -2.19. The number of pyridine rings is 2. The van der Waals surface area contributed by atoms with Gasteiger partial charge in [0.25, 0.3) is 0 Å². The van der Waals surface area contributed by atoms with Gasteiger partial charge in [-0.15, -0.1) is 0 Å². The zero-order valence-corrected chi connectivity index (χ0v) is 10.9. The summed E-state index contributed by atoms with van der Waals surface area (Å²) < 4.78 is 37.9. The Morgan fingerprint density at radius 2 is 1.90 bits per heavy atom. The fourth-order valence-electron chi connectivity index (χ4n) is 1.75. The van der Waals surface area contributed by atoms with Gasteiger partial charge in [-0.05, 0) is 24.3 Å². The van der Waals surface area contributed by atoms with Gasteiger partial charge in [-0.3, -0.25) is 4.98 Å². The van der Waals surface area contributed by atoms with Crippen molar-refractivity contribution in [2.45, 2.75) is 12.6 Å². The van der Waals surface area contributed by atoms with Crippen molar-refractivity contribution in [3.05, 3.63) is 54.0 Å². The number of hydrogen-bond donors (Lipinski definition) is 0. The summed E-state index contributed by atoms with van der Waals surface area (Å²) in [5, 5.41) is 0. The van der Waals surface area contributed by atoms with Crippen molar-refractivity contribution in [2.24, 2.45) is 0 Å². The third-order valence-electron chi connectivity index (χ3n) is 2.89. The fourth-order valence-corrected chi connectivity index (χ4v) is 1.75. The van der Waals surface area contributed by atoms with Crippen LogP contribution in [0.3, 0.4) is 0 Å². The van der Waals surface area contributed by atoms with E-state index in [1.54, 1.807) is 18.1 Å². The first kappa shape index (κ1) is 14.3. The van der Waals surface area contributed by atoms with E-state index in [-0.39, 0.29) is 0 Å². The maximum absolute atomic E-state index is 12.6. The Labute approximate surface area is 115 Å². The second-order valence-corrected chi connectivity index (χ2v) is 4.39. The topological polar surface area (TPSA) is 29.0 Å². The molecule has 2 aromatic rings. The summed E-state index contributed by atoms with van der Waals surface area (Å²) in [6.07, 6.45) is -0.831. The summed E-state index contributed by atoms with van der Waals surface area (Å²) in [7, 11) is 1.71. The normalized spacial score (nSPS) is 11.4. The van der Waals surface area contributed by atoms with Gasteiger partial charge in [0.1, 0.15) is 5.82 Å². The van der Waals surface area contributed by atoms with Crippen LogP contribution in [0, 0.1) is 0 Å². The molecule has 0 aromatic carbocycles. The zero-order chi connectivity index (χ0) is 14.6. The Morgan fingerprint density at radius 3 is 2.55 bits per heavy atom. The number of hydrogen-bond acceptors (Lipinski definition) is 3. The lowest BCUT2D eigenvalue weighted by molar-refractivity contribution is -0.137. The van der Waals surface area contributed by atoms with E-state index in [0.29, 0.717) is 18.8 Å². The van der Waals surface area contributed by atoms with E-state index < -0.39 is 11.7 Å². The van der Waals surface area contributed by atoms with Crippen LogP contribution in [0.2, 0.25) is 0 Å². The van der Waals surface area contributed by atoms with Gasteiger partial charge in [0.05, 0.1) is 5.56 Å². The van der Waals surface area contributed by atoms with Gasteiger partial charge in [-0.25, -0.2) is 4.98 Å². The minimum absolute atomic E-state index is 0.302. The standard InChI is InChI=1S/C14H14F3N3/c1-20(9-6-12-4-2-3-7-18-12)13-10-11(5-8-19-13)14(15,16)17/h2-5,7-8,10H,6,9H2,1H3. The van der Waals surface area contributed by atoms with Crippen LogP contribution in [0.25, 0.3) is 0 Å². The van der Waals surface area contributed by atoms with Crippen LogP contribution in [0.4, 0.5) is 19.0 Å². The van der Waals surface area contributed by atoms with E-state index in [1.165, 1.54) is 6.20 Å². The van der Waals surface area contributed by atoms with Crippen molar-refractivity contribution in [1.29, 1.82) is 0 Å². The van der Waals surface area contributed by atoms with Crippen molar-refractivity contribution >= 4 is 5.82 Å². The average Bonchev–Trinajstić information content (AvgIpc) is 2.45. The highest BCUT2D eigenvalue weighted by molar-refractivity contribution is 5.41. The van der Waals surface area contributed by atoms with Gasteiger partial charge in [0.2, 0.25) is 0 Å². The quantitative estimate of drug-likeness (QED) is 0.862. The molecule has 0 aliphatic rings. The van der Waals surface area contributed by atoms with E-state index in [9.17, 15) is 13.2 Å². The van der Waals surface area contributed by atoms with Gasteiger partial charge in [0.15, 0.2) is 0 Å². The molecule has 2 aromatic heterocycles.